The SMILES string of the molecule is CN=C(NCCc1ccco1)NCC(c1ccc(C)cc1)N1CCOCC1.I. The minimum absolute atomic E-state index is 0. The van der Waals surface area contributed by atoms with Gasteiger partial charge in [0.05, 0.1) is 25.5 Å². The molecule has 1 aromatic carbocycles. The highest BCUT2D eigenvalue weighted by Gasteiger charge is 2.22. The van der Waals surface area contributed by atoms with Crippen LogP contribution in [0.2, 0.25) is 0 Å². The van der Waals surface area contributed by atoms with E-state index in [0.717, 1.165) is 57.5 Å². The van der Waals surface area contributed by atoms with Crippen LogP contribution in [0.25, 0.3) is 0 Å². The van der Waals surface area contributed by atoms with Crippen molar-refractivity contribution in [1.82, 2.24) is 15.5 Å². The number of nitrogens with one attached hydrogen (secondary N) is 2. The van der Waals surface area contributed by atoms with Crippen molar-refractivity contribution in [3.8, 4) is 0 Å². The third-order valence-corrected chi connectivity index (χ3v) is 4.88. The highest BCUT2D eigenvalue weighted by molar-refractivity contribution is 14.0. The van der Waals surface area contributed by atoms with Gasteiger partial charge in [0.2, 0.25) is 0 Å². The second-order valence-electron chi connectivity index (χ2n) is 6.78. The second-order valence-corrected chi connectivity index (χ2v) is 6.78. The molecule has 0 spiro atoms. The first-order valence-corrected chi connectivity index (χ1v) is 9.61. The Hall–Kier alpha value is -1.58. The van der Waals surface area contributed by atoms with Gasteiger partial charge in [-0.3, -0.25) is 9.89 Å². The number of morpholine rings is 1. The van der Waals surface area contributed by atoms with E-state index in [0.29, 0.717) is 0 Å². The van der Waals surface area contributed by atoms with Crippen molar-refractivity contribution >= 4 is 29.9 Å². The Morgan fingerprint density at radius 3 is 2.54 bits per heavy atom. The van der Waals surface area contributed by atoms with E-state index in [1.807, 2.05) is 12.1 Å². The zero-order chi connectivity index (χ0) is 18.9. The number of benzene rings is 1. The molecule has 1 fully saturated rings. The van der Waals surface area contributed by atoms with Crippen LogP contribution in [-0.2, 0) is 11.2 Å². The number of guanidine groups is 1. The average Bonchev–Trinajstić information content (AvgIpc) is 3.22. The molecular weight excluding hydrogens is 467 g/mol. The van der Waals surface area contributed by atoms with E-state index >= 15 is 0 Å². The van der Waals surface area contributed by atoms with Gasteiger partial charge in [-0.15, -0.1) is 24.0 Å². The molecule has 0 saturated carbocycles. The van der Waals surface area contributed by atoms with Crippen LogP contribution in [0.5, 0.6) is 0 Å². The minimum atomic E-state index is 0. The number of ether oxygens (including phenoxy) is 1. The molecule has 1 atom stereocenters. The highest BCUT2D eigenvalue weighted by Crippen LogP contribution is 2.21. The molecule has 0 radical (unpaired) electrons. The standard InChI is InChI=1S/C21H30N4O2.HI/c1-17-5-7-18(8-6-17)20(25-11-14-26-15-12-25)16-24-21(22-2)23-10-9-19-4-3-13-27-19;/h3-8,13,20H,9-12,14-16H2,1-2H3,(H2,22,23,24);1H. The van der Waals surface area contributed by atoms with Crippen LogP contribution in [0.15, 0.2) is 52.1 Å². The van der Waals surface area contributed by atoms with Gasteiger partial charge in [0.1, 0.15) is 5.76 Å². The lowest BCUT2D eigenvalue weighted by molar-refractivity contribution is 0.0170. The molecule has 1 aromatic heterocycles. The molecule has 2 N–H and O–H groups in total. The van der Waals surface area contributed by atoms with E-state index in [4.69, 9.17) is 9.15 Å². The van der Waals surface area contributed by atoms with Crippen molar-refractivity contribution in [2.24, 2.45) is 4.99 Å². The molecule has 0 amide bonds. The van der Waals surface area contributed by atoms with Gasteiger partial charge in [-0.25, -0.2) is 0 Å². The van der Waals surface area contributed by atoms with Crippen molar-refractivity contribution in [3.05, 3.63) is 59.5 Å². The summed E-state index contributed by atoms with van der Waals surface area (Å²) in [5.41, 5.74) is 2.60. The predicted molar refractivity (Wildman–Crippen MR) is 124 cm³/mol. The first-order chi connectivity index (χ1) is 13.3. The Bertz CT molecular complexity index is 698. The van der Waals surface area contributed by atoms with Gasteiger partial charge in [-0.2, -0.15) is 0 Å². The Balaban J connectivity index is 0.00000280. The molecule has 2 aromatic rings. The number of aliphatic imine (C=N–C) groups is 1. The van der Waals surface area contributed by atoms with Gasteiger partial charge in [0.15, 0.2) is 5.96 Å². The molecule has 2 heterocycles. The number of aryl methyl sites for hydroxylation is 1. The molecule has 1 unspecified atom stereocenters. The molecule has 6 nitrogen and oxygen atoms in total. The molecule has 3 rings (SSSR count). The third-order valence-electron chi connectivity index (χ3n) is 4.88. The van der Waals surface area contributed by atoms with Crippen LogP contribution in [0.4, 0.5) is 0 Å². The molecule has 154 valence electrons. The number of hydrogen-bond donors (Lipinski definition) is 2. The lowest BCUT2D eigenvalue weighted by Crippen LogP contribution is -2.46. The van der Waals surface area contributed by atoms with E-state index in [-0.39, 0.29) is 30.0 Å². The summed E-state index contributed by atoms with van der Waals surface area (Å²) in [6, 6.07) is 13.0. The molecule has 0 aliphatic carbocycles. The van der Waals surface area contributed by atoms with Crippen LogP contribution in [0.1, 0.15) is 22.9 Å². The molecule has 28 heavy (non-hydrogen) atoms. The lowest BCUT2D eigenvalue weighted by atomic mass is 10.0. The number of halogens is 1. The topological polar surface area (TPSA) is 62.0 Å². The first kappa shape index (κ1) is 22.7. The third kappa shape index (κ3) is 6.79. The summed E-state index contributed by atoms with van der Waals surface area (Å²) in [5.74, 6) is 1.79. The van der Waals surface area contributed by atoms with Crippen molar-refractivity contribution in [2.45, 2.75) is 19.4 Å². The smallest absolute Gasteiger partial charge is 0.191 e. The maximum absolute atomic E-state index is 5.53. The van der Waals surface area contributed by atoms with Gasteiger partial charge in [0, 0.05) is 39.6 Å². The average molecular weight is 498 g/mol. The van der Waals surface area contributed by atoms with Crippen LogP contribution in [0.3, 0.4) is 0 Å². The summed E-state index contributed by atoms with van der Waals surface area (Å²) in [5, 5.41) is 6.85. The quantitative estimate of drug-likeness (QED) is 0.349. The Morgan fingerprint density at radius 2 is 1.89 bits per heavy atom. The largest absolute Gasteiger partial charge is 0.469 e. The second kappa shape index (κ2) is 12.1. The fraction of sp³-hybridized carbons (Fsp3) is 0.476. The normalized spacial score (nSPS) is 16.3. The number of furan rings is 1. The maximum atomic E-state index is 5.53. The van der Waals surface area contributed by atoms with Crippen molar-refractivity contribution in [1.29, 1.82) is 0 Å². The van der Waals surface area contributed by atoms with Crippen LogP contribution >= 0.6 is 24.0 Å². The fourth-order valence-corrected chi connectivity index (χ4v) is 3.31. The van der Waals surface area contributed by atoms with Crippen molar-refractivity contribution < 1.29 is 9.15 Å². The lowest BCUT2D eigenvalue weighted by Gasteiger charge is -2.35. The maximum Gasteiger partial charge on any atom is 0.191 e. The molecule has 7 heteroatoms. The summed E-state index contributed by atoms with van der Waals surface area (Å²) in [4.78, 5) is 6.84. The summed E-state index contributed by atoms with van der Waals surface area (Å²) < 4.78 is 10.9. The number of rotatable bonds is 7. The summed E-state index contributed by atoms with van der Waals surface area (Å²) in [7, 11) is 1.80. The number of hydrogen-bond acceptors (Lipinski definition) is 4. The zero-order valence-electron chi connectivity index (χ0n) is 16.7. The first-order valence-electron chi connectivity index (χ1n) is 9.61. The van der Waals surface area contributed by atoms with Crippen LogP contribution < -0.4 is 10.6 Å². The summed E-state index contributed by atoms with van der Waals surface area (Å²) in [6.07, 6.45) is 2.54. The van der Waals surface area contributed by atoms with Gasteiger partial charge in [0.25, 0.3) is 0 Å². The molecule has 1 aliphatic rings. The molecule has 0 bridgehead atoms. The van der Waals surface area contributed by atoms with Crippen molar-refractivity contribution in [2.75, 3.05) is 46.4 Å². The van der Waals surface area contributed by atoms with Crippen LogP contribution in [-0.4, -0.2) is 57.3 Å². The van der Waals surface area contributed by atoms with Gasteiger partial charge < -0.3 is 19.8 Å². The van der Waals surface area contributed by atoms with E-state index in [2.05, 4.69) is 51.7 Å². The fourth-order valence-electron chi connectivity index (χ4n) is 3.31. The van der Waals surface area contributed by atoms with E-state index in [9.17, 15) is 0 Å². The summed E-state index contributed by atoms with van der Waals surface area (Å²) in [6.45, 7) is 7.17. The molecule has 1 saturated heterocycles. The predicted octanol–water partition coefficient (Wildman–Crippen LogP) is 2.99. The Kier molecular flexibility index (Phi) is 9.80. The minimum Gasteiger partial charge on any atom is -0.469 e. The van der Waals surface area contributed by atoms with Crippen LogP contribution in [0, 0.1) is 6.92 Å². The zero-order valence-corrected chi connectivity index (χ0v) is 19.0. The van der Waals surface area contributed by atoms with E-state index in [1.165, 1.54) is 11.1 Å². The number of nitrogens with zero attached hydrogens (tertiary/aromatic N) is 2. The van der Waals surface area contributed by atoms with Gasteiger partial charge in [-0.05, 0) is 24.6 Å². The van der Waals surface area contributed by atoms with E-state index in [1.54, 1.807) is 13.3 Å². The Labute approximate surface area is 184 Å². The Morgan fingerprint density at radius 1 is 1.14 bits per heavy atom. The van der Waals surface area contributed by atoms with Crippen molar-refractivity contribution in [3.63, 3.8) is 0 Å². The highest BCUT2D eigenvalue weighted by atomic mass is 127. The van der Waals surface area contributed by atoms with Gasteiger partial charge in [-0.1, -0.05) is 29.8 Å². The molecular formula is C21H31IN4O2. The van der Waals surface area contributed by atoms with Gasteiger partial charge >= 0.3 is 0 Å². The summed E-state index contributed by atoms with van der Waals surface area (Å²) >= 11 is 0. The van der Waals surface area contributed by atoms with E-state index < -0.39 is 0 Å². The molecule has 1 aliphatic heterocycles. The monoisotopic (exact) mass is 498 g/mol.